The quantitative estimate of drug-likeness (QED) is 0.856. The molecule has 1 aliphatic heterocycles. The molecule has 1 aromatic carbocycles. The van der Waals surface area contributed by atoms with Crippen molar-refractivity contribution >= 4 is 22.9 Å². The van der Waals surface area contributed by atoms with Crippen LogP contribution in [0, 0.1) is 5.82 Å². The largest absolute Gasteiger partial charge is 0.389 e. The van der Waals surface area contributed by atoms with Crippen LogP contribution in [0.5, 0.6) is 0 Å². The monoisotopic (exact) mass is 281 g/mol. The number of likely N-dealkylation sites (N-methyl/N-ethyl adjacent to an activating group) is 1. The van der Waals surface area contributed by atoms with Gasteiger partial charge >= 0.3 is 0 Å². The minimum absolute atomic E-state index is 0.128. The molecule has 0 spiro atoms. The van der Waals surface area contributed by atoms with Crippen LogP contribution < -0.4 is 10.6 Å². The molecular formula is C14H20FN3S. The second-order valence-electron chi connectivity index (χ2n) is 5.25. The number of thiocarbonyl (C=S) groups is 1. The molecule has 1 saturated heterocycles. The third-order valence-electron chi connectivity index (χ3n) is 3.50. The van der Waals surface area contributed by atoms with Crippen LogP contribution in [-0.2, 0) is 0 Å². The van der Waals surface area contributed by atoms with Crippen LogP contribution in [0.15, 0.2) is 18.2 Å². The molecule has 2 N–H and O–H groups in total. The SMILES string of the molecule is CN(C)CC1CCCN1c1cccc(F)c1C(N)=S. The van der Waals surface area contributed by atoms with Gasteiger partial charge in [-0.2, -0.15) is 0 Å². The first-order valence-electron chi connectivity index (χ1n) is 6.50. The van der Waals surface area contributed by atoms with E-state index in [9.17, 15) is 4.39 Å². The Hall–Kier alpha value is -1.20. The van der Waals surface area contributed by atoms with E-state index in [0.717, 1.165) is 31.6 Å². The molecule has 1 fully saturated rings. The molecular weight excluding hydrogens is 261 g/mol. The highest BCUT2D eigenvalue weighted by molar-refractivity contribution is 7.80. The summed E-state index contributed by atoms with van der Waals surface area (Å²) in [5.74, 6) is -0.333. The molecule has 0 amide bonds. The van der Waals surface area contributed by atoms with E-state index in [1.165, 1.54) is 6.07 Å². The first kappa shape index (κ1) is 14.2. The average Bonchev–Trinajstić information content (AvgIpc) is 2.75. The van der Waals surface area contributed by atoms with E-state index in [1.807, 2.05) is 6.07 Å². The number of hydrogen-bond donors (Lipinski definition) is 1. The number of benzene rings is 1. The predicted molar refractivity (Wildman–Crippen MR) is 81.2 cm³/mol. The van der Waals surface area contributed by atoms with Crippen LogP contribution in [-0.4, -0.2) is 43.1 Å². The summed E-state index contributed by atoms with van der Waals surface area (Å²) in [6.45, 7) is 1.88. The van der Waals surface area contributed by atoms with E-state index in [0.29, 0.717) is 11.6 Å². The standard InChI is InChI=1S/C14H20FN3S/c1-17(2)9-10-5-4-8-18(10)12-7-3-6-11(15)13(12)14(16)19/h3,6-7,10H,4-5,8-9H2,1-2H3,(H2,16,19). The Balaban J connectivity index is 2.35. The van der Waals surface area contributed by atoms with Crippen LogP contribution in [0.1, 0.15) is 18.4 Å². The topological polar surface area (TPSA) is 32.5 Å². The van der Waals surface area contributed by atoms with Gasteiger partial charge in [0.2, 0.25) is 0 Å². The number of hydrogen-bond acceptors (Lipinski definition) is 3. The molecule has 0 saturated carbocycles. The fraction of sp³-hybridized carbons (Fsp3) is 0.500. The number of halogens is 1. The van der Waals surface area contributed by atoms with Gasteiger partial charge in [0, 0.05) is 19.1 Å². The van der Waals surface area contributed by atoms with Crippen molar-refractivity contribution in [2.45, 2.75) is 18.9 Å². The van der Waals surface area contributed by atoms with Gasteiger partial charge in [0.1, 0.15) is 10.8 Å². The fourth-order valence-corrected chi connectivity index (χ4v) is 2.96. The van der Waals surface area contributed by atoms with E-state index in [1.54, 1.807) is 6.07 Å². The molecule has 3 nitrogen and oxygen atoms in total. The Kier molecular flexibility index (Phi) is 4.37. The van der Waals surface area contributed by atoms with Gasteiger partial charge in [0.05, 0.1) is 11.3 Å². The maximum absolute atomic E-state index is 13.9. The third-order valence-corrected chi connectivity index (χ3v) is 3.70. The van der Waals surface area contributed by atoms with Gasteiger partial charge < -0.3 is 15.5 Å². The lowest BCUT2D eigenvalue weighted by Crippen LogP contribution is -2.38. The van der Waals surface area contributed by atoms with Crippen LogP contribution >= 0.6 is 12.2 Å². The summed E-state index contributed by atoms with van der Waals surface area (Å²) in [5, 5.41) is 0. The first-order valence-corrected chi connectivity index (χ1v) is 6.91. The molecule has 1 heterocycles. The molecule has 0 radical (unpaired) electrons. The molecule has 2 rings (SSSR count). The zero-order chi connectivity index (χ0) is 14.0. The van der Waals surface area contributed by atoms with Gasteiger partial charge in [-0.3, -0.25) is 0 Å². The van der Waals surface area contributed by atoms with Gasteiger partial charge in [-0.25, -0.2) is 4.39 Å². The van der Waals surface area contributed by atoms with E-state index < -0.39 is 0 Å². The normalized spacial score (nSPS) is 19.2. The number of anilines is 1. The summed E-state index contributed by atoms with van der Waals surface area (Å²) >= 11 is 5.00. The van der Waals surface area contributed by atoms with Gasteiger partial charge in [-0.1, -0.05) is 18.3 Å². The molecule has 0 aliphatic carbocycles. The molecule has 5 heteroatoms. The van der Waals surface area contributed by atoms with Gasteiger partial charge in [0.25, 0.3) is 0 Å². The molecule has 1 aliphatic rings. The van der Waals surface area contributed by atoms with E-state index in [2.05, 4.69) is 23.9 Å². The summed E-state index contributed by atoms with van der Waals surface area (Å²) in [5.41, 5.74) is 6.89. The summed E-state index contributed by atoms with van der Waals surface area (Å²) in [7, 11) is 4.10. The highest BCUT2D eigenvalue weighted by Crippen LogP contribution is 2.30. The Labute approximate surface area is 119 Å². The van der Waals surface area contributed by atoms with Gasteiger partial charge in [-0.05, 0) is 39.1 Å². The molecule has 1 aromatic rings. The molecule has 1 atom stereocenters. The maximum atomic E-state index is 13.9. The van der Waals surface area contributed by atoms with Crippen LogP contribution in [0.2, 0.25) is 0 Å². The van der Waals surface area contributed by atoms with Crippen molar-refractivity contribution in [3.63, 3.8) is 0 Å². The highest BCUT2D eigenvalue weighted by Gasteiger charge is 2.28. The fourth-order valence-electron chi connectivity index (χ4n) is 2.76. The third kappa shape index (κ3) is 3.04. The van der Waals surface area contributed by atoms with Crippen molar-refractivity contribution in [1.82, 2.24) is 4.90 Å². The number of nitrogens with two attached hydrogens (primary N) is 1. The summed E-state index contributed by atoms with van der Waals surface area (Å²) in [4.78, 5) is 4.52. The zero-order valence-electron chi connectivity index (χ0n) is 11.4. The lowest BCUT2D eigenvalue weighted by atomic mass is 10.1. The average molecular weight is 281 g/mol. The second kappa shape index (κ2) is 5.84. The van der Waals surface area contributed by atoms with Crippen LogP contribution in [0.4, 0.5) is 10.1 Å². The van der Waals surface area contributed by atoms with Crippen molar-refractivity contribution in [3.05, 3.63) is 29.6 Å². The van der Waals surface area contributed by atoms with Gasteiger partial charge in [-0.15, -0.1) is 0 Å². The van der Waals surface area contributed by atoms with Crippen molar-refractivity contribution in [3.8, 4) is 0 Å². The van der Waals surface area contributed by atoms with Crippen molar-refractivity contribution < 1.29 is 4.39 Å². The van der Waals surface area contributed by atoms with Crippen molar-refractivity contribution in [2.75, 3.05) is 32.1 Å². The van der Waals surface area contributed by atoms with Crippen molar-refractivity contribution in [2.24, 2.45) is 5.73 Å². The van der Waals surface area contributed by atoms with Gasteiger partial charge in [0.15, 0.2) is 0 Å². The Morgan fingerprint density at radius 2 is 2.26 bits per heavy atom. The minimum atomic E-state index is -0.333. The molecule has 0 aromatic heterocycles. The molecule has 0 bridgehead atoms. The lowest BCUT2D eigenvalue weighted by Gasteiger charge is -2.30. The zero-order valence-corrected chi connectivity index (χ0v) is 12.2. The summed E-state index contributed by atoms with van der Waals surface area (Å²) in [6.07, 6.45) is 2.23. The summed E-state index contributed by atoms with van der Waals surface area (Å²) < 4.78 is 13.9. The molecule has 104 valence electrons. The maximum Gasteiger partial charge on any atom is 0.135 e. The lowest BCUT2D eigenvalue weighted by molar-refractivity contribution is 0.372. The van der Waals surface area contributed by atoms with Crippen LogP contribution in [0.3, 0.4) is 0 Å². The Morgan fingerprint density at radius 3 is 2.89 bits per heavy atom. The first-order chi connectivity index (χ1) is 9.00. The Bertz CT molecular complexity index is 476. The van der Waals surface area contributed by atoms with E-state index in [4.69, 9.17) is 18.0 Å². The number of nitrogens with zero attached hydrogens (tertiary/aromatic N) is 2. The van der Waals surface area contributed by atoms with E-state index in [-0.39, 0.29) is 10.8 Å². The Morgan fingerprint density at radius 1 is 1.53 bits per heavy atom. The van der Waals surface area contributed by atoms with Crippen LogP contribution in [0.25, 0.3) is 0 Å². The highest BCUT2D eigenvalue weighted by atomic mass is 32.1. The minimum Gasteiger partial charge on any atom is -0.389 e. The number of rotatable bonds is 4. The van der Waals surface area contributed by atoms with Crippen molar-refractivity contribution in [1.29, 1.82) is 0 Å². The smallest absolute Gasteiger partial charge is 0.135 e. The summed E-state index contributed by atoms with van der Waals surface area (Å²) in [6, 6.07) is 5.43. The molecule has 1 unspecified atom stereocenters. The second-order valence-corrected chi connectivity index (χ2v) is 5.69. The predicted octanol–water partition coefficient (Wildman–Crippen LogP) is 1.99. The van der Waals surface area contributed by atoms with E-state index >= 15 is 0 Å². The molecule has 19 heavy (non-hydrogen) atoms.